The lowest BCUT2D eigenvalue weighted by atomic mass is 9.72. The van der Waals surface area contributed by atoms with Gasteiger partial charge in [0.15, 0.2) is 6.29 Å². The molecular weight excluding hydrogens is 865 g/mol. The minimum Gasteiger partial charge on any atom is -0.456 e. The Morgan fingerprint density at radius 2 is 1.45 bits per heavy atom. The van der Waals surface area contributed by atoms with Gasteiger partial charge in [-0.2, -0.15) is 0 Å². The molecule has 24 atom stereocenters. The van der Waals surface area contributed by atoms with Crippen LogP contribution in [0.3, 0.4) is 0 Å². The van der Waals surface area contributed by atoms with Crippen LogP contribution in [0.25, 0.3) is 0 Å². The van der Waals surface area contributed by atoms with Crippen molar-refractivity contribution < 1.29 is 71.5 Å². The zero-order valence-corrected chi connectivity index (χ0v) is 40.8. The fourth-order valence-electron chi connectivity index (χ4n) is 14.9. The van der Waals surface area contributed by atoms with E-state index in [0.717, 1.165) is 31.3 Å². The van der Waals surface area contributed by atoms with Gasteiger partial charge in [0.2, 0.25) is 0 Å². The highest BCUT2D eigenvalue weighted by Gasteiger charge is 2.64. The molecule has 0 aromatic rings. The second kappa shape index (κ2) is 16.7. The van der Waals surface area contributed by atoms with Gasteiger partial charge < -0.3 is 66.7 Å². The number of hydrogen-bond acceptors (Lipinski definition) is 15. The number of rotatable bonds is 3. The van der Waals surface area contributed by atoms with Crippen LogP contribution in [0.1, 0.15) is 132 Å². The molecule has 0 radical (unpaired) electrons. The average Bonchev–Trinajstić information content (AvgIpc) is 3.72. The Hall–Kier alpha value is -1.57. The van der Waals surface area contributed by atoms with Crippen molar-refractivity contribution in [3.63, 3.8) is 0 Å². The fraction of sp³-hybridized carbons (Fsp3) is 0.904. The topological polar surface area (TPSA) is 157 Å². The molecule has 18 unspecified atom stereocenters. The van der Waals surface area contributed by atoms with E-state index >= 15 is 0 Å². The Kier molecular flexibility index (Phi) is 11.6. The summed E-state index contributed by atoms with van der Waals surface area (Å²) in [4.78, 5) is 12.3. The van der Waals surface area contributed by atoms with Crippen LogP contribution in [-0.2, 0) is 66.4 Å². The number of aliphatic hydroxyl groups excluding tert-OH is 1. The number of carbonyl (C=O) groups is 1. The zero-order chi connectivity index (χ0) is 46.4. The van der Waals surface area contributed by atoms with Crippen molar-refractivity contribution >= 4 is 5.97 Å². The van der Waals surface area contributed by atoms with E-state index in [9.17, 15) is 9.90 Å². The minimum absolute atomic E-state index is 0.111. The second-order valence-corrected chi connectivity index (χ2v) is 24.0. The van der Waals surface area contributed by atoms with E-state index in [2.05, 4.69) is 53.7 Å². The summed E-state index contributed by atoms with van der Waals surface area (Å²) in [6.07, 6.45) is 9.91. The van der Waals surface area contributed by atoms with Crippen molar-refractivity contribution in [1.29, 1.82) is 0 Å². The maximum absolute atomic E-state index is 12.3. The van der Waals surface area contributed by atoms with Gasteiger partial charge in [-0.1, -0.05) is 26.0 Å². The van der Waals surface area contributed by atoms with Gasteiger partial charge in [0.25, 0.3) is 0 Å². The van der Waals surface area contributed by atoms with Crippen LogP contribution in [0.2, 0.25) is 0 Å². The summed E-state index contributed by atoms with van der Waals surface area (Å²) in [5, 5.41) is 11.7. The van der Waals surface area contributed by atoms with Crippen molar-refractivity contribution in [3.8, 4) is 0 Å². The first kappa shape index (κ1) is 46.5. The van der Waals surface area contributed by atoms with Gasteiger partial charge in [-0.05, 0) is 85.1 Å². The molecule has 1 N–H and O–H groups in total. The first-order valence-electron chi connectivity index (χ1n) is 26.0. The molecule has 12 heterocycles. The number of ether oxygens (including phenoxy) is 13. The van der Waals surface area contributed by atoms with Crippen molar-refractivity contribution in [1.82, 2.24) is 0 Å². The van der Waals surface area contributed by atoms with E-state index < -0.39 is 34.1 Å². The number of fused-ring (bicyclic) bond motifs is 10. The lowest BCUT2D eigenvalue weighted by Gasteiger charge is -2.60. The second-order valence-electron chi connectivity index (χ2n) is 24.0. The molecule has 12 aliphatic rings. The highest BCUT2D eigenvalue weighted by atomic mass is 16.7. The Morgan fingerprint density at radius 1 is 0.687 bits per heavy atom. The van der Waals surface area contributed by atoms with Gasteiger partial charge in [0.05, 0.1) is 121 Å². The van der Waals surface area contributed by atoms with Crippen molar-refractivity contribution in [2.75, 3.05) is 13.2 Å². The standard InChI is InChI=1S/C52H76O15/c1-26-17-32-37(24-50(6)39(60-32)22-36-46(66-50)27(2)18-44(54)62-36)59-31-11-13-49(5)40(63-45(26)31)23-41-51(7,67-49)25-43-48(4,65-41)12-9-10-30-33(61-43)20-35-34(58-30)21-42-52(8,64-35)38(53)19-29(57-42)16-28(3)47-55-14-15-56-47/h9-10,18,26,28-43,45-47,53H,11-17,19-25H2,1-8H3/b10-9-/t26-,28?,29?,30?,31?,32?,33?,34?,35?,36?,37?,38?,39?,40?,41?,42?,43?,45?,46?,48-,49-,50+,51+,52+/m1/s1. The lowest BCUT2D eigenvalue weighted by Crippen LogP contribution is -2.70. The summed E-state index contributed by atoms with van der Waals surface area (Å²) in [5.41, 5.74) is -2.31. The molecule has 15 heteroatoms. The van der Waals surface area contributed by atoms with Crippen LogP contribution < -0.4 is 0 Å². The lowest BCUT2D eigenvalue weighted by molar-refractivity contribution is -0.357. The molecule has 0 saturated carbocycles. The Labute approximate surface area is 395 Å². The smallest absolute Gasteiger partial charge is 0.331 e. The third-order valence-corrected chi connectivity index (χ3v) is 18.9. The molecule has 12 rings (SSSR count). The van der Waals surface area contributed by atoms with Crippen LogP contribution in [0, 0.1) is 11.8 Å². The molecule has 10 saturated heterocycles. The van der Waals surface area contributed by atoms with Crippen molar-refractivity contribution in [2.45, 2.75) is 271 Å². The third-order valence-electron chi connectivity index (χ3n) is 18.9. The summed E-state index contributed by atoms with van der Waals surface area (Å²) in [5.74, 6) is 0.0189. The van der Waals surface area contributed by atoms with Gasteiger partial charge in [0.1, 0.15) is 23.9 Å². The number of carbonyl (C=O) groups excluding carboxylic acids is 1. The predicted molar refractivity (Wildman–Crippen MR) is 238 cm³/mol. The summed E-state index contributed by atoms with van der Waals surface area (Å²) in [6.45, 7) is 18.3. The Morgan fingerprint density at radius 3 is 2.27 bits per heavy atom. The highest BCUT2D eigenvalue weighted by Crippen LogP contribution is 2.55. The van der Waals surface area contributed by atoms with Gasteiger partial charge in [-0.3, -0.25) is 0 Å². The zero-order valence-electron chi connectivity index (χ0n) is 40.8. The summed E-state index contributed by atoms with van der Waals surface area (Å²) >= 11 is 0. The predicted octanol–water partition coefficient (Wildman–Crippen LogP) is 5.73. The minimum atomic E-state index is -0.855. The molecule has 0 bridgehead atoms. The van der Waals surface area contributed by atoms with E-state index in [1.807, 2.05) is 13.8 Å². The molecule has 15 nitrogen and oxygen atoms in total. The van der Waals surface area contributed by atoms with E-state index in [1.54, 1.807) is 6.08 Å². The SMILES string of the molecule is CC1=CC(=O)OC2CC3OC4C[C@@H](C)C5OC6CC7O[C@]8(C)C/C=C\C9OC%10CC%11OC(CC(C)C%12OCCO%12)CC(O)[C@]%11(C)OC%10CC9OC8C[C@]7(C)O[C@]6(C)CCC5OC4C[C@]3(C)OC12. The molecule has 0 aromatic carbocycles. The number of aliphatic hydroxyl groups is 1. The highest BCUT2D eigenvalue weighted by molar-refractivity contribution is 5.84. The van der Waals surface area contributed by atoms with Crippen LogP contribution >= 0.6 is 0 Å². The molecule has 0 amide bonds. The van der Waals surface area contributed by atoms with Gasteiger partial charge in [-0.25, -0.2) is 4.79 Å². The molecule has 67 heavy (non-hydrogen) atoms. The van der Waals surface area contributed by atoms with E-state index in [1.165, 1.54) is 0 Å². The van der Waals surface area contributed by atoms with Gasteiger partial charge >= 0.3 is 5.97 Å². The van der Waals surface area contributed by atoms with Crippen molar-refractivity contribution in [3.05, 3.63) is 23.8 Å². The van der Waals surface area contributed by atoms with Gasteiger partial charge in [-0.15, -0.1) is 0 Å². The monoisotopic (exact) mass is 941 g/mol. The normalized spacial score (nSPS) is 57.0. The summed E-state index contributed by atoms with van der Waals surface area (Å²) in [6, 6.07) is 0. The summed E-state index contributed by atoms with van der Waals surface area (Å²) in [7, 11) is 0. The van der Waals surface area contributed by atoms with Gasteiger partial charge in [0, 0.05) is 56.9 Å². The molecular formula is C52H76O15. The van der Waals surface area contributed by atoms with Crippen LogP contribution in [0.15, 0.2) is 23.8 Å². The van der Waals surface area contributed by atoms with E-state index in [-0.39, 0.29) is 122 Å². The number of hydrogen-bond donors (Lipinski definition) is 1. The summed E-state index contributed by atoms with van der Waals surface area (Å²) < 4.78 is 87.8. The first-order chi connectivity index (χ1) is 31.9. The Bertz CT molecular complexity index is 1960. The third kappa shape index (κ3) is 7.98. The molecule has 0 aliphatic carbocycles. The van der Waals surface area contributed by atoms with Crippen LogP contribution in [0.4, 0.5) is 0 Å². The molecule has 0 spiro atoms. The van der Waals surface area contributed by atoms with Crippen LogP contribution in [-0.4, -0.2) is 162 Å². The maximum atomic E-state index is 12.3. The largest absolute Gasteiger partial charge is 0.456 e. The average molecular weight is 941 g/mol. The molecule has 12 aliphatic heterocycles. The number of esters is 1. The molecule has 374 valence electrons. The van der Waals surface area contributed by atoms with Crippen LogP contribution in [0.5, 0.6) is 0 Å². The molecule has 0 aromatic heterocycles. The van der Waals surface area contributed by atoms with E-state index in [0.29, 0.717) is 64.6 Å². The molecule has 10 fully saturated rings. The maximum Gasteiger partial charge on any atom is 0.331 e. The van der Waals surface area contributed by atoms with Crippen molar-refractivity contribution in [2.24, 2.45) is 11.8 Å². The Balaban J connectivity index is 0.719. The quantitative estimate of drug-likeness (QED) is 0.270. The van der Waals surface area contributed by atoms with E-state index in [4.69, 9.17) is 61.6 Å². The fourth-order valence-corrected chi connectivity index (χ4v) is 14.9. The first-order valence-corrected chi connectivity index (χ1v) is 26.0.